The lowest BCUT2D eigenvalue weighted by Gasteiger charge is -2.38. The Morgan fingerprint density at radius 1 is 1.32 bits per heavy atom. The van der Waals surface area contributed by atoms with E-state index in [9.17, 15) is 4.39 Å². The summed E-state index contributed by atoms with van der Waals surface area (Å²) in [5.74, 6) is -0.205. The van der Waals surface area contributed by atoms with Gasteiger partial charge in [-0.15, -0.1) is 0 Å². The van der Waals surface area contributed by atoms with E-state index in [4.69, 9.17) is 5.73 Å². The number of benzene rings is 1. The third-order valence-electron chi connectivity index (χ3n) is 3.99. The van der Waals surface area contributed by atoms with Gasteiger partial charge in [-0.05, 0) is 38.1 Å². The monoisotopic (exact) mass is 265 g/mol. The molecule has 0 amide bonds. The van der Waals surface area contributed by atoms with Crippen LogP contribution in [0, 0.1) is 5.82 Å². The summed E-state index contributed by atoms with van der Waals surface area (Å²) in [5, 5.41) is 0. The van der Waals surface area contributed by atoms with Crippen LogP contribution in [0.3, 0.4) is 0 Å². The SMILES string of the molecule is CC1CN(C)CCN1CCC(N)c1ccc(F)cc1. The molecule has 2 N–H and O–H groups in total. The van der Waals surface area contributed by atoms with Gasteiger partial charge in [0.25, 0.3) is 0 Å². The maximum atomic E-state index is 12.9. The number of nitrogens with zero attached hydrogens (tertiary/aromatic N) is 2. The summed E-state index contributed by atoms with van der Waals surface area (Å²) < 4.78 is 12.9. The van der Waals surface area contributed by atoms with Crippen LogP contribution >= 0.6 is 0 Å². The van der Waals surface area contributed by atoms with Crippen LogP contribution in [-0.2, 0) is 0 Å². The fraction of sp³-hybridized carbons (Fsp3) is 0.600. The third-order valence-corrected chi connectivity index (χ3v) is 3.99. The fourth-order valence-electron chi connectivity index (χ4n) is 2.69. The fourth-order valence-corrected chi connectivity index (χ4v) is 2.69. The van der Waals surface area contributed by atoms with E-state index in [1.807, 2.05) is 0 Å². The Hall–Kier alpha value is -0.970. The van der Waals surface area contributed by atoms with Crippen molar-refractivity contribution in [3.8, 4) is 0 Å². The lowest BCUT2D eigenvalue weighted by atomic mass is 10.0. The highest BCUT2D eigenvalue weighted by atomic mass is 19.1. The Balaban J connectivity index is 1.83. The summed E-state index contributed by atoms with van der Waals surface area (Å²) in [6, 6.07) is 7.11. The lowest BCUT2D eigenvalue weighted by molar-refractivity contribution is 0.0973. The molecule has 1 aromatic carbocycles. The Morgan fingerprint density at radius 2 is 2.00 bits per heavy atom. The van der Waals surface area contributed by atoms with Gasteiger partial charge in [0, 0.05) is 38.3 Å². The molecule has 4 heteroatoms. The van der Waals surface area contributed by atoms with E-state index in [-0.39, 0.29) is 11.9 Å². The molecule has 0 aliphatic carbocycles. The number of piperazine rings is 1. The zero-order chi connectivity index (χ0) is 13.8. The van der Waals surface area contributed by atoms with Crippen molar-refractivity contribution in [2.24, 2.45) is 5.73 Å². The minimum Gasteiger partial charge on any atom is -0.324 e. The van der Waals surface area contributed by atoms with E-state index in [1.54, 1.807) is 12.1 Å². The van der Waals surface area contributed by atoms with E-state index >= 15 is 0 Å². The van der Waals surface area contributed by atoms with Gasteiger partial charge in [-0.25, -0.2) is 4.39 Å². The van der Waals surface area contributed by atoms with Crippen LogP contribution in [0.25, 0.3) is 0 Å². The molecule has 1 heterocycles. The molecule has 2 unspecified atom stereocenters. The van der Waals surface area contributed by atoms with Gasteiger partial charge in [-0.3, -0.25) is 4.90 Å². The summed E-state index contributed by atoms with van der Waals surface area (Å²) >= 11 is 0. The van der Waals surface area contributed by atoms with E-state index in [2.05, 4.69) is 23.8 Å². The smallest absolute Gasteiger partial charge is 0.123 e. The van der Waals surface area contributed by atoms with Crippen LogP contribution in [0.5, 0.6) is 0 Å². The van der Waals surface area contributed by atoms with Crippen LogP contribution in [0.2, 0.25) is 0 Å². The van der Waals surface area contributed by atoms with E-state index in [1.165, 1.54) is 12.1 Å². The summed E-state index contributed by atoms with van der Waals surface area (Å²) in [7, 11) is 2.16. The second-order valence-corrected chi connectivity index (χ2v) is 5.59. The average Bonchev–Trinajstić information content (AvgIpc) is 2.38. The Bertz CT molecular complexity index is 393. The lowest BCUT2D eigenvalue weighted by Crippen LogP contribution is -2.50. The van der Waals surface area contributed by atoms with Crippen LogP contribution in [0.4, 0.5) is 4.39 Å². The van der Waals surface area contributed by atoms with Gasteiger partial charge in [-0.1, -0.05) is 12.1 Å². The van der Waals surface area contributed by atoms with Gasteiger partial charge in [0.05, 0.1) is 0 Å². The molecule has 1 fully saturated rings. The number of hydrogen-bond donors (Lipinski definition) is 1. The predicted molar refractivity (Wildman–Crippen MR) is 76.5 cm³/mol. The average molecular weight is 265 g/mol. The van der Waals surface area contributed by atoms with Crippen molar-refractivity contribution >= 4 is 0 Å². The molecule has 1 aromatic rings. The molecular weight excluding hydrogens is 241 g/mol. The number of hydrogen-bond acceptors (Lipinski definition) is 3. The zero-order valence-corrected chi connectivity index (χ0v) is 11.8. The van der Waals surface area contributed by atoms with Gasteiger partial charge in [-0.2, -0.15) is 0 Å². The van der Waals surface area contributed by atoms with Crippen LogP contribution in [0.15, 0.2) is 24.3 Å². The van der Waals surface area contributed by atoms with Crippen molar-refractivity contribution in [1.82, 2.24) is 9.80 Å². The molecule has 2 rings (SSSR count). The Kier molecular flexibility index (Phi) is 4.91. The van der Waals surface area contributed by atoms with Gasteiger partial charge >= 0.3 is 0 Å². The van der Waals surface area contributed by atoms with Crippen molar-refractivity contribution in [2.75, 3.05) is 33.2 Å². The molecule has 3 nitrogen and oxygen atoms in total. The van der Waals surface area contributed by atoms with Crippen LogP contribution in [0.1, 0.15) is 24.9 Å². The summed E-state index contributed by atoms with van der Waals surface area (Å²) in [4.78, 5) is 4.85. The van der Waals surface area contributed by atoms with Crippen molar-refractivity contribution in [3.05, 3.63) is 35.6 Å². The van der Waals surface area contributed by atoms with Crippen molar-refractivity contribution < 1.29 is 4.39 Å². The molecule has 0 saturated carbocycles. The first-order valence-electron chi connectivity index (χ1n) is 7.00. The zero-order valence-electron chi connectivity index (χ0n) is 11.8. The second-order valence-electron chi connectivity index (χ2n) is 5.59. The number of rotatable bonds is 4. The maximum Gasteiger partial charge on any atom is 0.123 e. The molecule has 1 aliphatic rings. The first-order chi connectivity index (χ1) is 9.06. The number of nitrogens with two attached hydrogens (primary N) is 1. The highest BCUT2D eigenvalue weighted by molar-refractivity contribution is 5.19. The third kappa shape index (κ3) is 4.00. The van der Waals surface area contributed by atoms with E-state index in [0.29, 0.717) is 6.04 Å². The first kappa shape index (κ1) is 14.4. The quantitative estimate of drug-likeness (QED) is 0.902. The van der Waals surface area contributed by atoms with E-state index in [0.717, 1.165) is 38.2 Å². The molecule has 0 spiro atoms. The molecule has 106 valence electrons. The standard InChI is InChI=1S/C15H24FN3/c1-12-11-18(2)9-10-19(12)8-7-15(17)13-3-5-14(16)6-4-13/h3-6,12,15H,7-11,17H2,1-2H3. The normalized spacial score (nSPS) is 23.5. The molecule has 0 aromatic heterocycles. The topological polar surface area (TPSA) is 32.5 Å². The number of halogens is 1. The molecule has 1 saturated heterocycles. The molecule has 2 atom stereocenters. The Labute approximate surface area is 115 Å². The van der Waals surface area contributed by atoms with Crippen molar-refractivity contribution in [2.45, 2.75) is 25.4 Å². The van der Waals surface area contributed by atoms with Gasteiger partial charge in [0.15, 0.2) is 0 Å². The highest BCUT2D eigenvalue weighted by Crippen LogP contribution is 2.17. The molecular formula is C15H24FN3. The van der Waals surface area contributed by atoms with Crippen LogP contribution in [-0.4, -0.2) is 49.1 Å². The maximum absolute atomic E-state index is 12.9. The molecule has 0 bridgehead atoms. The molecule has 1 aliphatic heterocycles. The van der Waals surface area contributed by atoms with Crippen LogP contribution < -0.4 is 5.73 Å². The largest absolute Gasteiger partial charge is 0.324 e. The predicted octanol–water partition coefficient (Wildman–Crippen LogP) is 1.85. The number of likely N-dealkylation sites (N-methyl/N-ethyl adjacent to an activating group) is 1. The van der Waals surface area contributed by atoms with Gasteiger partial charge in [0.1, 0.15) is 5.82 Å². The highest BCUT2D eigenvalue weighted by Gasteiger charge is 2.21. The molecule has 19 heavy (non-hydrogen) atoms. The summed E-state index contributed by atoms with van der Waals surface area (Å²) in [6.07, 6.45) is 0.916. The Morgan fingerprint density at radius 3 is 2.63 bits per heavy atom. The van der Waals surface area contributed by atoms with Gasteiger partial charge in [0.2, 0.25) is 0 Å². The van der Waals surface area contributed by atoms with Gasteiger partial charge < -0.3 is 10.6 Å². The van der Waals surface area contributed by atoms with Crippen molar-refractivity contribution in [1.29, 1.82) is 0 Å². The first-order valence-corrected chi connectivity index (χ1v) is 7.00. The second kappa shape index (κ2) is 6.46. The summed E-state index contributed by atoms with van der Waals surface area (Å²) in [6.45, 7) is 6.61. The minimum absolute atomic E-state index is 0.00699. The minimum atomic E-state index is -0.205. The molecule has 0 radical (unpaired) electrons. The summed E-state index contributed by atoms with van der Waals surface area (Å²) in [5.41, 5.74) is 7.19. The van der Waals surface area contributed by atoms with E-state index < -0.39 is 0 Å². The van der Waals surface area contributed by atoms with Crippen molar-refractivity contribution in [3.63, 3.8) is 0 Å².